The molecule has 2 aliphatic rings. The third-order valence-electron chi connectivity index (χ3n) is 4.92. The van der Waals surface area contributed by atoms with E-state index in [2.05, 4.69) is 23.2 Å². The lowest BCUT2D eigenvalue weighted by Crippen LogP contribution is -2.44. The van der Waals surface area contributed by atoms with Crippen molar-refractivity contribution < 1.29 is 9.53 Å². The Morgan fingerprint density at radius 3 is 3.04 bits per heavy atom. The van der Waals surface area contributed by atoms with Crippen molar-refractivity contribution >= 4 is 22.2 Å². The molecule has 2 heterocycles. The van der Waals surface area contributed by atoms with Gasteiger partial charge in [-0.3, -0.25) is 9.69 Å². The van der Waals surface area contributed by atoms with Crippen LogP contribution in [0, 0.1) is 11.3 Å². The number of rotatable bonds is 4. The standard InChI is InChI=1S/C18H25N3O2S/c1-13-12-23-10-9-21(13)8-7-17(22)20-18-15(11-19)14-5-3-2-4-6-16(14)24-18/h13H,2-10,12H2,1H3,(H,20,22)/t13-/m0/s1. The average molecular weight is 347 g/mol. The van der Waals surface area contributed by atoms with Crippen LogP contribution in [0.1, 0.15) is 48.6 Å². The molecule has 1 aromatic rings. The number of nitrogens with one attached hydrogen (secondary N) is 1. The number of hydrogen-bond donors (Lipinski definition) is 1. The first kappa shape index (κ1) is 17.4. The summed E-state index contributed by atoms with van der Waals surface area (Å²) in [5, 5.41) is 13.3. The molecule has 1 atom stereocenters. The molecule has 1 aliphatic heterocycles. The zero-order valence-corrected chi connectivity index (χ0v) is 15.1. The predicted octanol–water partition coefficient (Wildman–Crippen LogP) is 2.94. The van der Waals surface area contributed by atoms with E-state index in [1.54, 1.807) is 11.3 Å². The Labute approximate surface area is 147 Å². The smallest absolute Gasteiger partial charge is 0.226 e. The molecular weight excluding hydrogens is 322 g/mol. The summed E-state index contributed by atoms with van der Waals surface area (Å²) in [4.78, 5) is 15.9. The van der Waals surface area contributed by atoms with E-state index < -0.39 is 0 Å². The fourth-order valence-corrected chi connectivity index (χ4v) is 4.73. The summed E-state index contributed by atoms with van der Waals surface area (Å²) in [6.45, 7) is 5.22. The highest BCUT2D eigenvalue weighted by molar-refractivity contribution is 7.16. The molecule has 1 fully saturated rings. The van der Waals surface area contributed by atoms with E-state index in [0.29, 0.717) is 18.0 Å². The van der Waals surface area contributed by atoms with Gasteiger partial charge in [0.1, 0.15) is 11.1 Å². The third kappa shape index (κ3) is 3.97. The summed E-state index contributed by atoms with van der Waals surface area (Å²) in [6, 6.07) is 2.68. The molecule has 0 unspecified atom stereocenters. The van der Waals surface area contributed by atoms with Crippen LogP contribution in [-0.2, 0) is 22.4 Å². The molecule has 1 N–H and O–H groups in total. The predicted molar refractivity (Wildman–Crippen MR) is 95.4 cm³/mol. The van der Waals surface area contributed by atoms with Gasteiger partial charge >= 0.3 is 0 Å². The Morgan fingerprint density at radius 2 is 2.25 bits per heavy atom. The van der Waals surface area contributed by atoms with Gasteiger partial charge in [0.15, 0.2) is 0 Å². The van der Waals surface area contributed by atoms with Crippen molar-refractivity contribution in [3.63, 3.8) is 0 Å². The Kier molecular flexibility index (Phi) is 5.88. The summed E-state index contributed by atoms with van der Waals surface area (Å²) in [7, 11) is 0. The number of hydrogen-bond acceptors (Lipinski definition) is 5. The topological polar surface area (TPSA) is 65.4 Å². The van der Waals surface area contributed by atoms with Crippen molar-refractivity contribution in [2.24, 2.45) is 0 Å². The van der Waals surface area contributed by atoms with Crippen LogP contribution in [0.5, 0.6) is 0 Å². The van der Waals surface area contributed by atoms with Gasteiger partial charge in [0.25, 0.3) is 0 Å². The first-order valence-corrected chi connectivity index (χ1v) is 9.67. The maximum absolute atomic E-state index is 12.3. The van der Waals surface area contributed by atoms with Crippen LogP contribution in [0.25, 0.3) is 0 Å². The molecule has 0 radical (unpaired) electrons. The van der Waals surface area contributed by atoms with Gasteiger partial charge in [0.2, 0.25) is 5.91 Å². The Morgan fingerprint density at radius 1 is 1.42 bits per heavy atom. The van der Waals surface area contributed by atoms with Gasteiger partial charge in [0, 0.05) is 30.4 Å². The van der Waals surface area contributed by atoms with Crippen molar-refractivity contribution in [1.82, 2.24) is 4.90 Å². The van der Waals surface area contributed by atoms with Crippen molar-refractivity contribution in [2.45, 2.75) is 51.5 Å². The van der Waals surface area contributed by atoms with Crippen LogP contribution >= 0.6 is 11.3 Å². The lowest BCUT2D eigenvalue weighted by molar-refractivity contribution is -0.117. The van der Waals surface area contributed by atoms with Crippen LogP contribution < -0.4 is 5.32 Å². The second-order valence-corrected chi connectivity index (χ2v) is 7.74. The molecule has 0 bridgehead atoms. The van der Waals surface area contributed by atoms with Gasteiger partial charge in [0.05, 0.1) is 18.8 Å². The lowest BCUT2D eigenvalue weighted by atomic mass is 10.1. The zero-order chi connectivity index (χ0) is 16.9. The largest absolute Gasteiger partial charge is 0.379 e. The summed E-state index contributed by atoms with van der Waals surface area (Å²) in [6.07, 6.45) is 6.01. The first-order chi connectivity index (χ1) is 11.7. The van der Waals surface area contributed by atoms with E-state index in [4.69, 9.17) is 4.74 Å². The molecule has 1 amide bonds. The Bertz CT molecular complexity index is 635. The van der Waals surface area contributed by atoms with Crippen LogP contribution in [0.2, 0.25) is 0 Å². The summed E-state index contributed by atoms with van der Waals surface area (Å²) >= 11 is 1.60. The van der Waals surface area contributed by atoms with Crippen LogP contribution in [0.4, 0.5) is 5.00 Å². The molecule has 1 aliphatic carbocycles. The highest BCUT2D eigenvalue weighted by Crippen LogP contribution is 2.37. The minimum atomic E-state index is 0.00148. The molecule has 0 aromatic carbocycles. The fraction of sp³-hybridized carbons (Fsp3) is 0.667. The molecule has 0 saturated carbocycles. The van der Waals surface area contributed by atoms with Gasteiger partial charge in [-0.15, -0.1) is 11.3 Å². The lowest BCUT2D eigenvalue weighted by Gasteiger charge is -2.32. The number of fused-ring (bicyclic) bond motifs is 1. The van der Waals surface area contributed by atoms with Gasteiger partial charge in [-0.05, 0) is 38.2 Å². The molecule has 0 spiro atoms. The monoisotopic (exact) mass is 347 g/mol. The molecule has 1 aromatic heterocycles. The highest BCUT2D eigenvalue weighted by atomic mass is 32.1. The van der Waals surface area contributed by atoms with E-state index >= 15 is 0 Å². The van der Waals surface area contributed by atoms with Crippen molar-refractivity contribution in [2.75, 3.05) is 31.6 Å². The first-order valence-electron chi connectivity index (χ1n) is 8.85. The maximum atomic E-state index is 12.3. The quantitative estimate of drug-likeness (QED) is 0.851. The summed E-state index contributed by atoms with van der Waals surface area (Å²) < 4.78 is 5.42. The second kappa shape index (κ2) is 8.11. The van der Waals surface area contributed by atoms with Crippen molar-refractivity contribution in [3.8, 4) is 6.07 Å². The van der Waals surface area contributed by atoms with Gasteiger partial charge < -0.3 is 10.1 Å². The van der Waals surface area contributed by atoms with Crippen LogP contribution in [-0.4, -0.2) is 43.2 Å². The number of nitrogens with zero attached hydrogens (tertiary/aromatic N) is 2. The molecule has 6 heteroatoms. The number of anilines is 1. The normalized spacial score (nSPS) is 21.6. The van der Waals surface area contributed by atoms with Crippen LogP contribution in [0.15, 0.2) is 0 Å². The van der Waals surface area contributed by atoms with Gasteiger partial charge in [-0.25, -0.2) is 0 Å². The minimum absolute atomic E-state index is 0.00148. The van der Waals surface area contributed by atoms with Gasteiger partial charge in [-0.2, -0.15) is 5.26 Å². The molecular formula is C18H25N3O2S. The molecule has 130 valence electrons. The number of amides is 1. The Hall–Kier alpha value is -1.42. The van der Waals surface area contributed by atoms with Crippen LogP contribution in [0.3, 0.4) is 0 Å². The second-order valence-electron chi connectivity index (χ2n) is 6.64. The molecule has 24 heavy (non-hydrogen) atoms. The number of thiophene rings is 1. The molecule has 3 rings (SSSR count). The van der Waals surface area contributed by atoms with E-state index in [9.17, 15) is 10.1 Å². The Balaban J connectivity index is 1.61. The summed E-state index contributed by atoms with van der Waals surface area (Å²) in [5.41, 5.74) is 1.88. The van der Waals surface area contributed by atoms with E-state index in [0.717, 1.165) is 50.6 Å². The van der Waals surface area contributed by atoms with Gasteiger partial charge in [-0.1, -0.05) is 6.42 Å². The minimum Gasteiger partial charge on any atom is -0.379 e. The number of ether oxygens (including phenoxy) is 1. The van der Waals surface area contributed by atoms with Crippen molar-refractivity contribution in [1.29, 1.82) is 5.26 Å². The summed E-state index contributed by atoms with van der Waals surface area (Å²) in [5.74, 6) is 0.00148. The van der Waals surface area contributed by atoms with Crippen molar-refractivity contribution in [3.05, 3.63) is 16.0 Å². The van der Waals surface area contributed by atoms with E-state index in [-0.39, 0.29) is 5.91 Å². The number of aryl methyl sites for hydroxylation is 1. The average Bonchev–Trinajstić information content (AvgIpc) is 2.74. The number of carbonyl (C=O) groups excluding carboxylic acids is 1. The number of nitriles is 1. The SMILES string of the molecule is C[C@H]1COCCN1CCC(=O)Nc1sc2c(c1C#N)CCCCC2. The van der Waals surface area contributed by atoms with E-state index in [1.807, 2.05) is 0 Å². The fourth-order valence-electron chi connectivity index (χ4n) is 3.48. The van der Waals surface area contributed by atoms with E-state index in [1.165, 1.54) is 23.3 Å². The number of carbonyl (C=O) groups is 1. The molecule has 1 saturated heterocycles. The third-order valence-corrected chi connectivity index (χ3v) is 6.12. The maximum Gasteiger partial charge on any atom is 0.226 e. The highest BCUT2D eigenvalue weighted by Gasteiger charge is 2.22. The number of morpholine rings is 1. The molecule has 5 nitrogen and oxygen atoms in total. The zero-order valence-electron chi connectivity index (χ0n) is 14.3.